The summed E-state index contributed by atoms with van der Waals surface area (Å²) < 4.78 is 38.2. The first-order chi connectivity index (χ1) is 19.2. The van der Waals surface area contributed by atoms with Gasteiger partial charge in [0, 0.05) is 53.5 Å². The van der Waals surface area contributed by atoms with Crippen molar-refractivity contribution >= 4 is 41.6 Å². The minimum Gasteiger partial charge on any atom is -0.497 e. The van der Waals surface area contributed by atoms with E-state index in [1.54, 1.807) is 0 Å². The number of carbonyl (C=O) groups excluding carboxylic acids is 7. The van der Waals surface area contributed by atoms with Crippen molar-refractivity contribution in [1.82, 2.24) is 0 Å². The number of allylic oxidation sites excluding steroid dienone is 1. The number of hydrogen-bond acceptors (Lipinski definition) is 14. The number of ether oxygens (including phenoxy) is 7. The zero-order valence-corrected chi connectivity index (χ0v) is 23.6. The van der Waals surface area contributed by atoms with Gasteiger partial charge in [-0.15, -0.1) is 0 Å². The summed E-state index contributed by atoms with van der Waals surface area (Å²) in [6.45, 7) is 6.88. The van der Waals surface area contributed by atoms with E-state index in [1.807, 2.05) is 0 Å². The van der Waals surface area contributed by atoms with E-state index in [0.717, 1.165) is 41.5 Å². The molecule has 0 saturated heterocycles. The third-order valence-electron chi connectivity index (χ3n) is 6.93. The molecule has 0 amide bonds. The highest BCUT2D eigenvalue weighted by Crippen LogP contribution is 2.43. The standard InChI is InChI=1S/C27H34O14/c1-11(28)36-20-7-17(8-21(37-12(2)29)25(20)39-14(4)31)18-10-35-19-9-22(38-13(3)30)26(40-15(5)32)27(41-16(6)33)23(19)24(18)34/h10,17,19-23,25-27H,7-9H2,1-6H3. The van der Waals surface area contributed by atoms with Crippen LogP contribution in [0.2, 0.25) is 0 Å². The molecule has 14 nitrogen and oxygen atoms in total. The van der Waals surface area contributed by atoms with Gasteiger partial charge in [0.05, 0.1) is 6.26 Å². The normalized spacial score (nSPS) is 32.6. The molecule has 0 bridgehead atoms. The van der Waals surface area contributed by atoms with Gasteiger partial charge in [-0.25, -0.2) is 0 Å². The molecular formula is C27H34O14. The highest BCUT2D eigenvalue weighted by atomic mass is 16.6. The van der Waals surface area contributed by atoms with Gasteiger partial charge < -0.3 is 33.2 Å². The van der Waals surface area contributed by atoms with Crippen LogP contribution in [0.1, 0.15) is 60.8 Å². The molecule has 2 fully saturated rings. The third kappa shape index (κ3) is 7.82. The molecule has 0 spiro atoms. The van der Waals surface area contributed by atoms with Gasteiger partial charge in [-0.05, 0) is 18.8 Å². The maximum atomic E-state index is 14.0. The molecule has 226 valence electrons. The summed E-state index contributed by atoms with van der Waals surface area (Å²) in [5.41, 5.74) is 0.117. The summed E-state index contributed by atoms with van der Waals surface area (Å²) in [7, 11) is 0. The molecule has 3 aliphatic rings. The summed E-state index contributed by atoms with van der Waals surface area (Å²) in [5, 5.41) is 0. The molecular weight excluding hydrogens is 548 g/mol. The molecule has 1 heterocycles. The molecule has 0 N–H and O–H groups in total. The van der Waals surface area contributed by atoms with Crippen LogP contribution in [0.4, 0.5) is 0 Å². The molecule has 0 aromatic heterocycles. The second kappa shape index (κ2) is 13.1. The zero-order chi connectivity index (χ0) is 30.6. The second-order valence-corrected chi connectivity index (χ2v) is 10.2. The van der Waals surface area contributed by atoms with Crippen molar-refractivity contribution in [2.75, 3.05) is 0 Å². The third-order valence-corrected chi connectivity index (χ3v) is 6.93. The lowest BCUT2D eigenvalue weighted by atomic mass is 9.70. The fraction of sp³-hybridized carbons (Fsp3) is 0.667. The molecule has 0 radical (unpaired) electrons. The molecule has 2 saturated carbocycles. The van der Waals surface area contributed by atoms with E-state index in [-0.39, 0.29) is 24.8 Å². The van der Waals surface area contributed by atoms with Crippen molar-refractivity contribution in [2.24, 2.45) is 11.8 Å². The molecule has 14 heteroatoms. The Balaban J connectivity index is 2.00. The van der Waals surface area contributed by atoms with Crippen LogP contribution in [-0.2, 0) is 66.7 Å². The Kier molecular flexibility index (Phi) is 10.1. The lowest BCUT2D eigenvalue weighted by molar-refractivity contribution is -0.209. The fourth-order valence-corrected chi connectivity index (χ4v) is 5.72. The first-order valence-electron chi connectivity index (χ1n) is 13.1. The average molecular weight is 583 g/mol. The van der Waals surface area contributed by atoms with Crippen molar-refractivity contribution < 1.29 is 66.7 Å². The van der Waals surface area contributed by atoms with Crippen LogP contribution < -0.4 is 0 Å². The monoisotopic (exact) mass is 582 g/mol. The Morgan fingerprint density at radius 1 is 0.585 bits per heavy atom. The van der Waals surface area contributed by atoms with Crippen LogP contribution in [0.25, 0.3) is 0 Å². The topological polar surface area (TPSA) is 184 Å². The number of carbonyl (C=O) groups is 7. The summed E-state index contributed by atoms with van der Waals surface area (Å²) >= 11 is 0. The van der Waals surface area contributed by atoms with Gasteiger partial charge in [0.2, 0.25) is 0 Å². The highest BCUT2D eigenvalue weighted by molar-refractivity contribution is 5.99. The van der Waals surface area contributed by atoms with E-state index in [0.29, 0.717) is 0 Å². The predicted molar refractivity (Wildman–Crippen MR) is 132 cm³/mol. The number of esters is 6. The number of ketones is 1. The first kappa shape index (κ1) is 31.6. The van der Waals surface area contributed by atoms with Gasteiger partial charge in [-0.1, -0.05) is 0 Å². The van der Waals surface area contributed by atoms with Crippen LogP contribution in [0, 0.1) is 11.8 Å². The largest absolute Gasteiger partial charge is 0.497 e. The van der Waals surface area contributed by atoms with Crippen LogP contribution in [0.5, 0.6) is 0 Å². The van der Waals surface area contributed by atoms with Gasteiger partial charge in [0.15, 0.2) is 24.1 Å². The summed E-state index contributed by atoms with van der Waals surface area (Å²) in [6, 6.07) is 0. The quantitative estimate of drug-likeness (QED) is 0.304. The molecule has 7 atom stereocenters. The second-order valence-electron chi connectivity index (χ2n) is 10.2. The smallest absolute Gasteiger partial charge is 0.303 e. The Morgan fingerprint density at radius 3 is 1.41 bits per heavy atom. The van der Waals surface area contributed by atoms with E-state index in [2.05, 4.69) is 0 Å². The minimum absolute atomic E-state index is 0.00922. The lowest BCUT2D eigenvalue weighted by Crippen LogP contribution is -2.61. The number of rotatable bonds is 7. The van der Waals surface area contributed by atoms with Crippen LogP contribution in [0.15, 0.2) is 11.8 Å². The Labute approximate surface area is 235 Å². The highest BCUT2D eigenvalue weighted by Gasteiger charge is 2.57. The molecule has 2 aliphatic carbocycles. The molecule has 7 unspecified atom stereocenters. The molecule has 3 rings (SSSR count). The van der Waals surface area contributed by atoms with Gasteiger partial charge in [0.1, 0.15) is 30.3 Å². The summed E-state index contributed by atoms with van der Waals surface area (Å²) in [4.78, 5) is 85.4. The number of hydrogen-bond donors (Lipinski definition) is 0. The van der Waals surface area contributed by atoms with Gasteiger partial charge >= 0.3 is 35.8 Å². The van der Waals surface area contributed by atoms with Gasteiger partial charge in [-0.2, -0.15) is 0 Å². The van der Waals surface area contributed by atoms with Crippen molar-refractivity contribution in [3.8, 4) is 0 Å². The minimum atomic E-state index is -1.36. The molecule has 0 aromatic carbocycles. The van der Waals surface area contributed by atoms with Crippen molar-refractivity contribution in [1.29, 1.82) is 0 Å². The van der Waals surface area contributed by atoms with E-state index >= 15 is 0 Å². The van der Waals surface area contributed by atoms with Crippen molar-refractivity contribution in [3.05, 3.63) is 11.8 Å². The number of Topliss-reactive ketones (excluding diaryl/α,β-unsaturated/α-hetero) is 1. The zero-order valence-electron chi connectivity index (χ0n) is 23.6. The van der Waals surface area contributed by atoms with Crippen molar-refractivity contribution in [3.63, 3.8) is 0 Å². The SMILES string of the molecule is CC(=O)OC1CC(C2=COC3CC(OC(C)=O)C(OC(C)=O)C(OC(C)=O)C3C2=O)CC(OC(C)=O)C1OC(C)=O. The Morgan fingerprint density at radius 2 is 0.976 bits per heavy atom. The average Bonchev–Trinajstić information content (AvgIpc) is 2.81. The fourth-order valence-electron chi connectivity index (χ4n) is 5.72. The van der Waals surface area contributed by atoms with Gasteiger partial charge in [0.25, 0.3) is 0 Å². The molecule has 41 heavy (non-hydrogen) atoms. The van der Waals surface area contributed by atoms with Crippen LogP contribution >= 0.6 is 0 Å². The summed E-state index contributed by atoms with van der Waals surface area (Å²) in [6.07, 6.45) is -6.66. The lowest BCUT2D eigenvalue weighted by Gasteiger charge is -2.46. The number of fused-ring (bicyclic) bond motifs is 1. The maximum Gasteiger partial charge on any atom is 0.303 e. The van der Waals surface area contributed by atoms with Crippen LogP contribution in [-0.4, -0.2) is 84.3 Å². The first-order valence-corrected chi connectivity index (χ1v) is 13.1. The predicted octanol–water partition coefficient (Wildman–Crippen LogP) is 0.858. The van der Waals surface area contributed by atoms with Crippen LogP contribution in [0.3, 0.4) is 0 Å². The van der Waals surface area contributed by atoms with E-state index in [4.69, 9.17) is 33.2 Å². The molecule has 1 aliphatic heterocycles. The van der Waals surface area contributed by atoms with E-state index < -0.39 is 96.2 Å². The Bertz CT molecular complexity index is 1100. The molecule has 0 aromatic rings. The van der Waals surface area contributed by atoms with E-state index in [1.165, 1.54) is 6.26 Å². The maximum absolute atomic E-state index is 14.0. The Hall–Kier alpha value is -3.97. The van der Waals surface area contributed by atoms with Gasteiger partial charge in [-0.3, -0.25) is 33.6 Å². The summed E-state index contributed by atoms with van der Waals surface area (Å²) in [5.74, 6) is -6.62. The van der Waals surface area contributed by atoms with E-state index in [9.17, 15) is 33.6 Å². The van der Waals surface area contributed by atoms with Crippen molar-refractivity contribution in [2.45, 2.75) is 104 Å².